The van der Waals surface area contributed by atoms with Crippen molar-refractivity contribution in [3.8, 4) is 0 Å². The Hall–Kier alpha value is 2.39. The predicted molar refractivity (Wildman–Crippen MR) is 67.4 cm³/mol. The van der Waals surface area contributed by atoms with E-state index in [1.165, 1.54) is 0 Å². The molecule has 0 aromatic heterocycles. The van der Waals surface area contributed by atoms with Gasteiger partial charge in [-0.05, 0) is 74.4 Å². The molecule has 0 aromatic rings. The third-order valence-electron chi connectivity index (χ3n) is 1.25. The van der Waals surface area contributed by atoms with Crippen molar-refractivity contribution in [3.05, 3.63) is 0 Å². The van der Waals surface area contributed by atoms with E-state index in [0.717, 1.165) is 6.92 Å². The lowest BCUT2D eigenvalue weighted by Gasteiger charge is -2.30. The zero-order valence-electron chi connectivity index (χ0n) is 6.74. The minimum atomic E-state index is -4.25. The van der Waals surface area contributed by atoms with Crippen LogP contribution in [0.5, 0.6) is 0 Å². The molecule has 0 N–H and O–H groups in total. The van der Waals surface area contributed by atoms with Crippen LogP contribution in [0.1, 0.15) is 6.92 Å². The van der Waals surface area contributed by atoms with Gasteiger partial charge < -0.3 is 0 Å². The Kier molecular flexibility index (Phi) is 6.00. The van der Waals surface area contributed by atoms with E-state index in [4.69, 9.17) is 67.4 Å². The van der Waals surface area contributed by atoms with Gasteiger partial charge in [-0.2, -0.15) is 0 Å². The summed E-state index contributed by atoms with van der Waals surface area (Å²) in [7, 11) is 0. The fraction of sp³-hybridized carbons (Fsp3) is 1.00. The summed E-state index contributed by atoms with van der Waals surface area (Å²) in [6.07, 6.45) is -4.22. The molecule has 92 valence electrons. The van der Waals surface area contributed by atoms with Crippen LogP contribution in [0, 0.1) is 0 Å². The van der Waals surface area contributed by atoms with Crippen molar-refractivity contribution in [1.82, 2.24) is 0 Å². The molecule has 0 saturated heterocycles. The summed E-state index contributed by atoms with van der Waals surface area (Å²) in [6.45, 7) is 0.839. The van der Waals surface area contributed by atoms with E-state index in [1.807, 2.05) is 0 Å². The fourth-order valence-electron chi connectivity index (χ4n) is 0.432. The number of hydrogen-bond donors (Lipinski definition) is 0. The SMILES string of the molecule is CC(OP(=O)(Cl)Cl)(P(=O)(Cl)Cl)P(=O)(Cl)Cl. The lowest BCUT2D eigenvalue weighted by molar-refractivity contribution is 0.272. The van der Waals surface area contributed by atoms with E-state index in [0.29, 0.717) is 0 Å². The molecule has 0 aliphatic heterocycles. The predicted octanol–water partition coefficient (Wildman–Crippen LogP) is 6.60. The van der Waals surface area contributed by atoms with E-state index in [-0.39, 0.29) is 0 Å². The van der Waals surface area contributed by atoms with Gasteiger partial charge in [0, 0.05) is 0 Å². The maximum absolute atomic E-state index is 11.4. The third-order valence-corrected chi connectivity index (χ3v) is 11.6. The normalized spacial score (nSPS) is 15.4. The van der Waals surface area contributed by atoms with Crippen LogP contribution in [-0.4, -0.2) is 5.08 Å². The van der Waals surface area contributed by atoms with E-state index in [2.05, 4.69) is 4.52 Å². The highest BCUT2D eigenvalue weighted by Crippen LogP contribution is 2.88. The van der Waals surface area contributed by atoms with E-state index in [1.54, 1.807) is 0 Å². The molecule has 4 nitrogen and oxygen atoms in total. The Morgan fingerprint density at radius 1 is 0.867 bits per heavy atom. The van der Waals surface area contributed by atoms with Crippen LogP contribution >= 0.6 is 85.2 Å². The quantitative estimate of drug-likeness (QED) is 0.502. The monoisotopic (exact) mass is 394 g/mol. The molecule has 0 amide bonds. The van der Waals surface area contributed by atoms with Crippen molar-refractivity contribution in [1.29, 1.82) is 0 Å². The van der Waals surface area contributed by atoms with Gasteiger partial charge in [0.2, 0.25) is 5.08 Å². The summed E-state index contributed by atoms with van der Waals surface area (Å²) in [5.41, 5.74) is 0. The van der Waals surface area contributed by atoms with Crippen molar-refractivity contribution < 1.29 is 18.2 Å². The summed E-state index contributed by atoms with van der Waals surface area (Å²) >= 11 is 31.1. The fourth-order valence-corrected chi connectivity index (χ4v) is 11.1. The lowest BCUT2D eigenvalue weighted by Crippen LogP contribution is -2.19. The highest BCUT2D eigenvalue weighted by molar-refractivity contribution is 8.23. The van der Waals surface area contributed by atoms with Crippen LogP contribution in [0.4, 0.5) is 0 Å². The third kappa shape index (κ3) is 4.87. The highest BCUT2D eigenvalue weighted by Gasteiger charge is 2.59. The Morgan fingerprint density at radius 3 is 1.20 bits per heavy atom. The summed E-state index contributed by atoms with van der Waals surface area (Å²) in [6, 6.07) is 0. The molecule has 0 aromatic carbocycles. The Bertz CT molecular complexity index is 354. The van der Waals surface area contributed by atoms with Crippen LogP contribution in [-0.2, 0) is 18.2 Å². The molecule has 0 spiro atoms. The maximum Gasteiger partial charge on any atom is 0.381 e. The van der Waals surface area contributed by atoms with Gasteiger partial charge in [0.15, 0.2) is 0 Å². The number of halogens is 6. The summed E-state index contributed by atoms with van der Waals surface area (Å²) in [5.74, 6) is -8.50. The zero-order chi connectivity index (χ0) is 12.7. The van der Waals surface area contributed by atoms with Gasteiger partial charge in [0.1, 0.15) is 0 Å². The standard InChI is InChI=1S/C2H3Cl6O4P3/c1-2(13(3,4)9,14(5,6)10)12-15(7,8)11/h1H3. The van der Waals surface area contributed by atoms with Gasteiger partial charge >= 0.3 is 6.07 Å². The van der Waals surface area contributed by atoms with Gasteiger partial charge in [-0.25, -0.2) is 0 Å². The molecule has 0 aliphatic carbocycles. The van der Waals surface area contributed by atoms with Crippen LogP contribution in [0.3, 0.4) is 0 Å². The molecule has 0 unspecified atom stereocenters. The van der Waals surface area contributed by atoms with Gasteiger partial charge in [-0.3, -0.25) is 18.2 Å². The minimum absolute atomic E-state index is 0.839. The first-order valence-electron chi connectivity index (χ1n) is 2.90. The molecule has 0 bridgehead atoms. The van der Waals surface area contributed by atoms with E-state index < -0.39 is 22.9 Å². The molecule has 13 heteroatoms. The second-order valence-electron chi connectivity index (χ2n) is 2.36. The molecule has 0 atom stereocenters. The summed E-state index contributed by atoms with van der Waals surface area (Å²) in [4.78, 5) is 0. The van der Waals surface area contributed by atoms with Crippen molar-refractivity contribution >= 4 is 85.2 Å². The zero-order valence-corrected chi connectivity index (χ0v) is 14.0. The highest BCUT2D eigenvalue weighted by atomic mass is 35.9. The van der Waals surface area contributed by atoms with Crippen molar-refractivity contribution in [3.63, 3.8) is 0 Å². The molecule has 0 radical (unpaired) electrons. The van der Waals surface area contributed by atoms with Crippen molar-refractivity contribution in [2.45, 2.75) is 12.0 Å². The maximum atomic E-state index is 11.4. The smallest absolute Gasteiger partial charge is 0.285 e. The van der Waals surface area contributed by atoms with Crippen LogP contribution in [0.25, 0.3) is 0 Å². The molecular weight excluding hydrogens is 394 g/mol. The van der Waals surface area contributed by atoms with Crippen LogP contribution in [0.15, 0.2) is 0 Å². The second kappa shape index (κ2) is 5.17. The molecule has 0 rings (SSSR count). The topological polar surface area (TPSA) is 60.4 Å². The second-order valence-corrected chi connectivity index (χ2v) is 17.2. The first kappa shape index (κ1) is 17.4. The van der Waals surface area contributed by atoms with Crippen LogP contribution < -0.4 is 0 Å². The molecule has 0 fully saturated rings. The summed E-state index contributed by atoms with van der Waals surface area (Å²) in [5, 5.41) is -2.49. The summed E-state index contributed by atoms with van der Waals surface area (Å²) < 4.78 is 38.1. The molecule has 0 saturated carbocycles. The Labute approximate surface area is 115 Å². The van der Waals surface area contributed by atoms with Crippen LogP contribution in [0.2, 0.25) is 0 Å². The first-order chi connectivity index (χ1) is 6.21. The Morgan fingerprint density at radius 2 is 1.13 bits per heavy atom. The Balaban J connectivity index is 5.57. The van der Waals surface area contributed by atoms with Crippen molar-refractivity contribution in [2.24, 2.45) is 0 Å². The van der Waals surface area contributed by atoms with Gasteiger partial charge in [0.25, 0.3) is 11.7 Å². The molecular formula is C2H3Cl6O4P3. The molecule has 0 heterocycles. The molecule has 0 aliphatic rings. The minimum Gasteiger partial charge on any atom is -0.285 e. The van der Waals surface area contributed by atoms with E-state index in [9.17, 15) is 13.7 Å². The first-order valence-corrected chi connectivity index (χ1v) is 13.4. The average molecular weight is 397 g/mol. The average Bonchev–Trinajstić information content (AvgIpc) is 1.77. The number of rotatable bonds is 4. The number of hydrogen-bond acceptors (Lipinski definition) is 4. The lowest BCUT2D eigenvalue weighted by atomic mass is 10.9. The van der Waals surface area contributed by atoms with E-state index >= 15 is 0 Å². The van der Waals surface area contributed by atoms with Gasteiger partial charge in [-0.15, -0.1) is 0 Å². The largest absolute Gasteiger partial charge is 0.381 e. The van der Waals surface area contributed by atoms with Crippen molar-refractivity contribution in [2.75, 3.05) is 0 Å². The van der Waals surface area contributed by atoms with Gasteiger partial charge in [0.05, 0.1) is 0 Å². The van der Waals surface area contributed by atoms with Gasteiger partial charge in [-0.1, -0.05) is 0 Å². The molecule has 15 heavy (non-hydrogen) atoms.